The van der Waals surface area contributed by atoms with Gasteiger partial charge in [0.15, 0.2) is 0 Å². The molecular weight excluding hydrogens is 260 g/mol. The summed E-state index contributed by atoms with van der Waals surface area (Å²) >= 11 is 0. The molecule has 20 heavy (non-hydrogen) atoms. The van der Waals surface area contributed by atoms with Crippen molar-refractivity contribution in [1.29, 1.82) is 0 Å². The first kappa shape index (κ1) is 13.9. The molecule has 104 valence electrons. The summed E-state index contributed by atoms with van der Waals surface area (Å²) in [4.78, 5) is 46.2. The number of hydrogen-bond acceptors (Lipinski definition) is 4. The molecule has 0 aliphatic carbocycles. The maximum Gasteiger partial charge on any atom is 0.251 e. The van der Waals surface area contributed by atoms with E-state index in [1.807, 2.05) is 0 Å². The number of nitrogens with zero attached hydrogens (tertiary/aromatic N) is 1. The summed E-state index contributed by atoms with van der Waals surface area (Å²) < 4.78 is 0. The van der Waals surface area contributed by atoms with Crippen LogP contribution in [0, 0.1) is 0 Å². The minimum absolute atomic E-state index is 0.190. The molecule has 0 radical (unpaired) electrons. The normalized spacial score (nSPS) is 14.5. The molecular formula is C14H14N2O4. The standard InChI is InChI=1S/C14H14N2O4/c17-9-10-1-3-11(4-2-10)14(20)15-7-8-16-12(18)5-6-13(16)19/h1-4,9H,5-8H2,(H,15,20). The van der Waals surface area contributed by atoms with E-state index in [1.54, 1.807) is 24.3 Å². The van der Waals surface area contributed by atoms with Crippen molar-refractivity contribution in [3.63, 3.8) is 0 Å². The Balaban J connectivity index is 1.84. The molecule has 6 nitrogen and oxygen atoms in total. The third kappa shape index (κ3) is 3.09. The van der Waals surface area contributed by atoms with Crippen molar-refractivity contribution in [2.75, 3.05) is 13.1 Å². The fraction of sp³-hybridized carbons (Fsp3) is 0.286. The smallest absolute Gasteiger partial charge is 0.251 e. The van der Waals surface area contributed by atoms with Crippen molar-refractivity contribution in [3.8, 4) is 0 Å². The van der Waals surface area contributed by atoms with Gasteiger partial charge < -0.3 is 5.32 Å². The van der Waals surface area contributed by atoms with E-state index in [1.165, 1.54) is 0 Å². The molecule has 0 bridgehead atoms. The second-order valence-corrected chi connectivity index (χ2v) is 4.43. The number of carbonyl (C=O) groups is 4. The molecule has 0 saturated carbocycles. The lowest BCUT2D eigenvalue weighted by Gasteiger charge is -2.14. The van der Waals surface area contributed by atoms with Crippen molar-refractivity contribution >= 4 is 24.0 Å². The van der Waals surface area contributed by atoms with Gasteiger partial charge >= 0.3 is 0 Å². The monoisotopic (exact) mass is 274 g/mol. The van der Waals surface area contributed by atoms with Gasteiger partial charge in [-0.15, -0.1) is 0 Å². The topological polar surface area (TPSA) is 83.6 Å². The third-order valence-electron chi connectivity index (χ3n) is 3.08. The van der Waals surface area contributed by atoms with Gasteiger partial charge in [-0.2, -0.15) is 0 Å². The first-order valence-electron chi connectivity index (χ1n) is 6.28. The van der Waals surface area contributed by atoms with E-state index in [0.29, 0.717) is 17.4 Å². The van der Waals surface area contributed by atoms with E-state index < -0.39 is 0 Å². The molecule has 0 unspecified atom stereocenters. The van der Waals surface area contributed by atoms with E-state index >= 15 is 0 Å². The van der Waals surface area contributed by atoms with Gasteiger partial charge in [-0.3, -0.25) is 24.1 Å². The zero-order chi connectivity index (χ0) is 14.5. The number of imide groups is 1. The molecule has 0 atom stereocenters. The highest BCUT2D eigenvalue weighted by molar-refractivity contribution is 6.02. The van der Waals surface area contributed by atoms with E-state index in [2.05, 4.69) is 5.32 Å². The Morgan fingerprint density at radius 2 is 1.75 bits per heavy atom. The largest absolute Gasteiger partial charge is 0.350 e. The Labute approximate surface area is 115 Å². The van der Waals surface area contributed by atoms with Crippen LogP contribution in [0.3, 0.4) is 0 Å². The van der Waals surface area contributed by atoms with E-state index in [9.17, 15) is 19.2 Å². The van der Waals surface area contributed by atoms with Crippen LogP contribution in [0.25, 0.3) is 0 Å². The molecule has 1 heterocycles. The molecule has 1 aromatic carbocycles. The van der Waals surface area contributed by atoms with Crippen molar-refractivity contribution in [1.82, 2.24) is 10.2 Å². The van der Waals surface area contributed by atoms with Crippen LogP contribution in [0.15, 0.2) is 24.3 Å². The molecule has 6 heteroatoms. The minimum Gasteiger partial charge on any atom is -0.350 e. The summed E-state index contributed by atoms with van der Waals surface area (Å²) in [6.45, 7) is 0.404. The summed E-state index contributed by atoms with van der Waals surface area (Å²) in [5.74, 6) is -0.694. The number of amides is 3. The molecule has 3 amide bonds. The second-order valence-electron chi connectivity index (χ2n) is 4.43. The van der Waals surface area contributed by atoms with Gasteiger partial charge in [-0.25, -0.2) is 0 Å². The molecule has 1 saturated heterocycles. The van der Waals surface area contributed by atoms with Gasteiger partial charge in [-0.05, 0) is 12.1 Å². The fourth-order valence-electron chi connectivity index (χ4n) is 1.97. The minimum atomic E-state index is -0.304. The van der Waals surface area contributed by atoms with Gasteiger partial charge in [0.05, 0.1) is 0 Å². The van der Waals surface area contributed by atoms with Crippen LogP contribution in [-0.4, -0.2) is 42.0 Å². The molecule has 2 rings (SSSR count). The summed E-state index contributed by atoms with van der Waals surface area (Å²) in [5, 5.41) is 2.63. The Bertz CT molecular complexity index is 535. The first-order valence-corrected chi connectivity index (χ1v) is 6.28. The zero-order valence-electron chi connectivity index (χ0n) is 10.8. The predicted molar refractivity (Wildman–Crippen MR) is 70.1 cm³/mol. The summed E-state index contributed by atoms with van der Waals surface area (Å²) in [5.41, 5.74) is 0.921. The van der Waals surface area contributed by atoms with Gasteiger partial charge in [0.2, 0.25) is 11.8 Å². The highest BCUT2D eigenvalue weighted by Crippen LogP contribution is 2.10. The lowest BCUT2D eigenvalue weighted by molar-refractivity contribution is -0.138. The third-order valence-corrected chi connectivity index (χ3v) is 3.08. The zero-order valence-corrected chi connectivity index (χ0v) is 10.8. The first-order chi connectivity index (χ1) is 9.61. The Hall–Kier alpha value is -2.50. The van der Waals surface area contributed by atoms with Crippen molar-refractivity contribution < 1.29 is 19.2 Å². The van der Waals surface area contributed by atoms with Crippen molar-refractivity contribution in [2.45, 2.75) is 12.8 Å². The SMILES string of the molecule is O=Cc1ccc(C(=O)NCCN2C(=O)CCC2=O)cc1. The Kier molecular flexibility index (Phi) is 4.24. The average molecular weight is 274 g/mol. The van der Waals surface area contributed by atoms with Gasteiger partial charge in [-0.1, -0.05) is 12.1 Å². The van der Waals surface area contributed by atoms with E-state index in [0.717, 1.165) is 4.90 Å². The number of carbonyl (C=O) groups excluding carboxylic acids is 4. The average Bonchev–Trinajstić information content (AvgIpc) is 2.79. The fourth-order valence-corrected chi connectivity index (χ4v) is 1.97. The number of aldehydes is 1. The summed E-state index contributed by atoms with van der Waals surface area (Å²) in [6.07, 6.45) is 1.20. The maximum absolute atomic E-state index is 11.8. The number of nitrogens with one attached hydrogen (secondary N) is 1. The molecule has 1 aromatic rings. The van der Waals surface area contributed by atoms with E-state index in [-0.39, 0.29) is 43.7 Å². The van der Waals surface area contributed by atoms with Gasteiger partial charge in [0.1, 0.15) is 6.29 Å². The molecule has 0 spiro atoms. The lowest BCUT2D eigenvalue weighted by atomic mass is 10.1. The van der Waals surface area contributed by atoms with Crippen LogP contribution in [0.5, 0.6) is 0 Å². The molecule has 1 aliphatic rings. The predicted octanol–water partition coefficient (Wildman–Crippen LogP) is 0.378. The molecule has 1 N–H and O–H groups in total. The summed E-state index contributed by atoms with van der Waals surface area (Å²) in [7, 11) is 0. The van der Waals surface area contributed by atoms with Gasteiger partial charge in [0.25, 0.3) is 5.91 Å². The van der Waals surface area contributed by atoms with Crippen molar-refractivity contribution in [2.24, 2.45) is 0 Å². The van der Waals surface area contributed by atoms with Crippen LogP contribution >= 0.6 is 0 Å². The Morgan fingerprint density at radius 1 is 1.15 bits per heavy atom. The summed E-state index contributed by atoms with van der Waals surface area (Å²) in [6, 6.07) is 6.20. The number of rotatable bonds is 5. The van der Waals surface area contributed by atoms with Crippen LogP contribution in [0.4, 0.5) is 0 Å². The molecule has 0 aromatic heterocycles. The maximum atomic E-state index is 11.8. The number of benzene rings is 1. The van der Waals surface area contributed by atoms with Crippen LogP contribution in [-0.2, 0) is 9.59 Å². The molecule has 1 aliphatic heterocycles. The van der Waals surface area contributed by atoms with Crippen LogP contribution < -0.4 is 5.32 Å². The quantitative estimate of drug-likeness (QED) is 0.621. The number of hydrogen-bond donors (Lipinski definition) is 1. The highest BCUT2D eigenvalue weighted by Gasteiger charge is 2.28. The lowest BCUT2D eigenvalue weighted by Crippen LogP contribution is -2.37. The number of likely N-dealkylation sites (tertiary alicyclic amines) is 1. The van der Waals surface area contributed by atoms with Crippen LogP contribution in [0.2, 0.25) is 0 Å². The van der Waals surface area contributed by atoms with Crippen LogP contribution in [0.1, 0.15) is 33.6 Å². The van der Waals surface area contributed by atoms with E-state index in [4.69, 9.17) is 0 Å². The van der Waals surface area contributed by atoms with Crippen molar-refractivity contribution in [3.05, 3.63) is 35.4 Å². The van der Waals surface area contributed by atoms with Gasteiger partial charge in [0, 0.05) is 37.1 Å². The highest BCUT2D eigenvalue weighted by atomic mass is 16.2. The molecule has 1 fully saturated rings. The second kappa shape index (κ2) is 6.10. The Morgan fingerprint density at radius 3 is 2.30 bits per heavy atom.